The summed E-state index contributed by atoms with van der Waals surface area (Å²) < 4.78 is 16.2. The Bertz CT molecular complexity index is 318. The van der Waals surface area contributed by atoms with Gasteiger partial charge in [0.05, 0.1) is 25.0 Å². The largest absolute Gasteiger partial charge is 0.498 e. The number of hydrogen-bond donors (Lipinski definition) is 0. The van der Waals surface area contributed by atoms with Crippen molar-refractivity contribution >= 4 is 14.3 Å². The molecule has 0 fully saturated rings. The molecule has 0 saturated heterocycles. The van der Waals surface area contributed by atoms with E-state index >= 15 is 0 Å². The fraction of sp³-hybridized carbons (Fsp3) is 0.800. The van der Waals surface area contributed by atoms with Crippen molar-refractivity contribution in [3.8, 4) is 0 Å². The van der Waals surface area contributed by atoms with Gasteiger partial charge in [-0.3, -0.25) is 0 Å². The van der Waals surface area contributed by atoms with Crippen LogP contribution in [-0.4, -0.2) is 33.6 Å². The Morgan fingerprint density at radius 2 is 1.90 bits per heavy atom. The topological polar surface area (TPSA) is 44.8 Å². The van der Waals surface area contributed by atoms with E-state index in [0.29, 0.717) is 13.2 Å². The van der Waals surface area contributed by atoms with Crippen LogP contribution >= 0.6 is 0 Å². The smallest absolute Gasteiger partial charge is 0.333 e. The predicted octanol–water partition coefficient (Wildman–Crippen LogP) is 3.88. The van der Waals surface area contributed by atoms with Crippen LogP contribution in [0.15, 0.2) is 12.3 Å². The number of ether oxygens (including phenoxy) is 2. The second kappa shape index (κ2) is 8.47. The maximum Gasteiger partial charge on any atom is 0.333 e. The van der Waals surface area contributed by atoms with E-state index in [1.165, 1.54) is 12.3 Å². The highest BCUT2D eigenvalue weighted by Crippen LogP contribution is 2.36. The Labute approximate surface area is 124 Å². The lowest BCUT2D eigenvalue weighted by atomic mass is 10.2. The summed E-state index contributed by atoms with van der Waals surface area (Å²) in [5.41, 5.74) is 0. The number of carbonyl (C=O) groups is 1. The molecule has 0 radical (unpaired) electrons. The molecule has 118 valence electrons. The van der Waals surface area contributed by atoms with E-state index in [1.807, 2.05) is 6.92 Å². The summed E-state index contributed by atoms with van der Waals surface area (Å²) in [5, 5.41) is 0.223. The number of esters is 1. The van der Waals surface area contributed by atoms with Crippen LogP contribution in [0, 0.1) is 0 Å². The first-order valence-electron chi connectivity index (χ1n) is 7.23. The summed E-state index contributed by atoms with van der Waals surface area (Å²) in [6.45, 7) is 15.9. The zero-order valence-electron chi connectivity index (χ0n) is 14.0. The standard InChI is InChI=1S/C15H30O4Si/c1-8-17-14(16)10-11-18-13(2)9-12-19-20(6,7)15(3,4)5/h10-11,13H,8-9,12H2,1-7H3/b11-10+. The predicted molar refractivity (Wildman–Crippen MR) is 84.1 cm³/mol. The van der Waals surface area contributed by atoms with Crippen molar-refractivity contribution in [1.29, 1.82) is 0 Å². The molecule has 0 bridgehead atoms. The molecule has 0 aromatic heterocycles. The molecule has 0 N–H and O–H groups in total. The minimum Gasteiger partial charge on any atom is -0.498 e. The Morgan fingerprint density at radius 1 is 1.30 bits per heavy atom. The maximum atomic E-state index is 11.1. The van der Waals surface area contributed by atoms with Crippen LogP contribution in [0.2, 0.25) is 18.1 Å². The van der Waals surface area contributed by atoms with Crippen molar-refractivity contribution in [2.24, 2.45) is 0 Å². The molecular formula is C15H30O4Si. The molecule has 0 rings (SSSR count). The van der Waals surface area contributed by atoms with Gasteiger partial charge in [-0.05, 0) is 32.0 Å². The van der Waals surface area contributed by atoms with Crippen molar-refractivity contribution in [3.05, 3.63) is 12.3 Å². The van der Waals surface area contributed by atoms with Crippen LogP contribution in [0.5, 0.6) is 0 Å². The molecule has 20 heavy (non-hydrogen) atoms. The number of rotatable bonds is 8. The lowest BCUT2D eigenvalue weighted by Gasteiger charge is -2.36. The van der Waals surface area contributed by atoms with Gasteiger partial charge in [-0.1, -0.05) is 20.8 Å². The summed E-state index contributed by atoms with van der Waals surface area (Å²) >= 11 is 0. The van der Waals surface area contributed by atoms with Gasteiger partial charge >= 0.3 is 5.97 Å². The molecule has 0 aliphatic rings. The van der Waals surface area contributed by atoms with E-state index in [9.17, 15) is 4.79 Å². The fourth-order valence-electron chi connectivity index (χ4n) is 1.18. The monoisotopic (exact) mass is 302 g/mol. The lowest BCUT2D eigenvalue weighted by molar-refractivity contribution is -0.137. The molecular weight excluding hydrogens is 272 g/mol. The van der Waals surface area contributed by atoms with Gasteiger partial charge in [-0.2, -0.15) is 0 Å². The summed E-state index contributed by atoms with van der Waals surface area (Å²) in [6, 6.07) is 0. The summed E-state index contributed by atoms with van der Waals surface area (Å²) in [7, 11) is -1.68. The second-order valence-corrected chi connectivity index (χ2v) is 11.2. The Hall–Kier alpha value is -0.813. The van der Waals surface area contributed by atoms with Crippen molar-refractivity contribution < 1.29 is 18.7 Å². The highest BCUT2D eigenvalue weighted by atomic mass is 28.4. The van der Waals surface area contributed by atoms with Gasteiger partial charge in [-0.25, -0.2) is 4.79 Å². The molecule has 0 aliphatic carbocycles. The van der Waals surface area contributed by atoms with Gasteiger partial charge in [0.1, 0.15) is 0 Å². The number of hydrogen-bond acceptors (Lipinski definition) is 4. The Balaban J connectivity index is 3.95. The molecule has 0 aromatic rings. The van der Waals surface area contributed by atoms with E-state index in [2.05, 4.69) is 33.9 Å². The average molecular weight is 302 g/mol. The van der Waals surface area contributed by atoms with Crippen molar-refractivity contribution in [2.75, 3.05) is 13.2 Å². The molecule has 1 atom stereocenters. The molecule has 5 heteroatoms. The second-order valence-electron chi connectivity index (χ2n) is 6.40. The minimum absolute atomic E-state index is 0.0189. The van der Waals surface area contributed by atoms with Gasteiger partial charge in [0.15, 0.2) is 8.32 Å². The molecule has 4 nitrogen and oxygen atoms in total. The fourth-order valence-corrected chi connectivity index (χ4v) is 2.25. The molecule has 1 unspecified atom stereocenters. The first-order valence-corrected chi connectivity index (χ1v) is 10.1. The van der Waals surface area contributed by atoms with Gasteiger partial charge in [-0.15, -0.1) is 0 Å². The molecule has 0 spiro atoms. The Kier molecular flexibility index (Phi) is 8.12. The van der Waals surface area contributed by atoms with Gasteiger partial charge < -0.3 is 13.9 Å². The minimum atomic E-state index is -1.68. The first kappa shape index (κ1) is 19.2. The quantitative estimate of drug-likeness (QED) is 0.295. The third-order valence-electron chi connectivity index (χ3n) is 3.60. The molecule has 0 saturated carbocycles. The summed E-state index contributed by atoms with van der Waals surface area (Å²) in [4.78, 5) is 11.1. The van der Waals surface area contributed by atoms with Crippen molar-refractivity contribution in [2.45, 2.75) is 65.3 Å². The van der Waals surface area contributed by atoms with E-state index in [-0.39, 0.29) is 17.1 Å². The van der Waals surface area contributed by atoms with Crippen LogP contribution in [0.3, 0.4) is 0 Å². The highest BCUT2D eigenvalue weighted by Gasteiger charge is 2.36. The average Bonchev–Trinajstić information content (AvgIpc) is 2.27. The molecule has 0 aromatic carbocycles. The van der Waals surface area contributed by atoms with Gasteiger partial charge in [0.2, 0.25) is 0 Å². The Morgan fingerprint density at radius 3 is 2.40 bits per heavy atom. The van der Waals surface area contributed by atoms with Crippen LogP contribution in [0.4, 0.5) is 0 Å². The van der Waals surface area contributed by atoms with Gasteiger partial charge in [0, 0.05) is 13.0 Å². The van der Waals surface area contributed by atoms with E-state index < -0.39 is 8.32 Å². The van der Waals surface area contributed by atoms with E-state index in [0.717, 1.165) is 6.42 Å². The summed E-state index contributed by atoms with van der Waals surface area (Å²) in [6.07, 6.45) is 3.52. The van der Waals surface area contributed by atoms with Crippen LogP contribution in [-0.2, 0) is 18.7 Å². The molecule has 0 amide bonds. The highest BCUT2D eigenvalue weighted by molar-refractivity contribution is 6.74. The maximum absolute atomic E-state index is 11.1. The zero-order valence-corrected chi connectivity index (χ0v) is 15.0. The van der Waals surface area contributed by atoms with Crippen LogP contribution in [0.1, 0.15) is 41.0 Å². The third-order valence-corrected chi connectivity index (χ3v) is 8.13. The number of carbonyl (C=O) groups excluding carboxylic acids is 1. The molecule has 0 aliphatic heterocycles. The molecule has 0 heterocycles. The normalized spacial score (nSPS) is 14.3. The lowest BCUT2D eigenvalue weighted by Crippen LogP contribution is -2.41. The van der Waals surface area contributed by atoms with Crippen LogP contribution < -0.4 is 0 Å². The SMILES string of the molecule is CCOC(=O)/C=C/OC(C)CCO[Si](C)(C)C(C)(C)C. The van der Waals surface area contributed by atoms with Crippen molar-refractivity contribution in [1.82, 2.24) is 0 Å². The van der Waals surface area contributed by atoms with E-state index in [4.69, 9.17) is 13.9 Å². The van der Waals surface area contributed by atoms with Gasteiger partial charge in [0.25, 0.3) is 0 Å². The van der Waals surface area contributed by atoms with Crippen molar-refractivity contribution in [3.63, 3.8) is 0 Å². The first-order chi connectivity index (χ1) is 9.10. The zero-order chi connectivity index (χ0) is 15.8. The third kappa shape index (κ3) is 7.70. The van der Waals surface area contributed by atoms with Crippen LogP contribution in [0.25, 0.3) is 0 Å². The van der Waals surface area contributed by atoms with E-state index in [1.54, 1.807) is 6.92 Å². The summed E-state index contributed by atoms with van der Waals surface area (Å²) in [5.74, 6) is -0.378.